The van der Waals surface area contributed by atoms with Gasteiger partial charge in [-0.2, -0.15) is 0 Å². The normalized spacial score (nSPS) is 13.8. The van der Waals surface area contributed by atoms with Crippen molar-refractivity contribution < 1.29 is 19.1 Å². The summed E-state index contributed by atoms with van der Waals surface area (Å²) in [5, 5.41) is 11.8. The van der Waals surface area contributed by atoms with Crippen LogP contribution in [0, 0.1) is 11.7 Å². The first-order valence-electron chi connectivity index (χ1n) is 6.57. The van der Waals surface area contributed by atoms with Crippen LogP contribution >= 0.6 is 11.8 Å². The van der Waals surface area contributed by atoms with Crippen LogP contribution in [0.25, 0.3) is 0 Å². The number of benzene rings is 1. The summed E-state index contributed by atoms with van der Waals surface area (Å²) in [5.41, 5.74) is -0.547. The number of rotatable bonds is 6. The van der Waals surface area contributed by atoms with Crippen molar-refractivity contribution >= 4 is 23.6 Å². The second-order valence-electron chi connectivity index (χ2n) is 5.45. The van der Waals surface area contributed by atoms with Gasteiger partial charge in [0.2, 0.25) is 0 Å². The Kier molecular flexibility index (Phi) is 5.78. The summed E-state index contributed by atoms with van der Waals surface area (Å²) in [6, 6.07) is 4.10. The molecule has 1 unspecified atom stereocenters. The number of carbonyl (C=O) groups excluding carboxylic acids is 1. The largest absolute Gasteiger partial charge is 0.481 e. The molecule has 0 heterocycles. The highest BCUT2D eigenvalue weighted by atomic mass is 32.2. The molecule has 1 amide bonds. The number of hydrogen-bond acceptors (Lipinski definition) is 3. The Balaban J connectivity index is 3.00. The summed E-state index contributed by atoms with van der Waals surface area (Å²) < 4.78 is 13.4. The number of thioether (sulfide) groups is 1. The minimum atomic E-state index is -0.976. The van der Waals surface area contributed by atoms with Gasteiger partial charge in [0.25, 0.3) is 5.91 Å². The zero-order valence-corrected chi connectivity index (χ0v) is 13.4. The molecule has 0 saturated carbocycles. The maximum Gasteiger partial charge on any atom is 0.305 e. The molecule has 0 aromatic heterocycles. The smallest absolute Gasteiger partial charge is 0.305 e. The van der Waals surface area contributed by atoms with Crippen LogP contribution in [0.15, 0.2) is 23.1 Å². The van der Waals surface area contributed by atoms with E-state index < -0.39 is 17.4 Å². The molecule has 1 aromatic carbocycles. The van der Waals surface area contributed by atoms with E-state index in [9.17, 15) is 14.0 Å². The number of nitrogens with one attached hydrogen (secondary N) is 1. The molecule has 116 valence electrons. The van der Waals surface area contributed by atoms with Gasteiger partial charge in [-0.05, 0) is 37.3 Å². The molecule has 0 aliphatic rings. The predicted octanol–water partition coefficient (Wildman–Crippen LogP) is 3.17. The molecule has 0 aliphatic heterocycles. The van der Waals surface area contributed by atoms with Gasteiger partial charge >= 0.3 is 5.97 Å². The van der Waals surface area contributed by atoms with Crippen LogP contribution in [0.4, 0.5) is 4.39 Å². The summed E-state index contributed by atoms with van der Waals surface area (Å²) in [4.78, 5) is 23.6. The highest BCUT2D eigenvalue weighted by Crippen LogP contribution is 2.24. The second kappa shape index (κ2) is 6.93. The lowest BCUT2D eigenvalue weighted by atomic mass is 9.85. The van der Waals surface area contributed by atoms with E-state index in [1.54, 1.807) is 13.2 Å². The molecule has 1 rings (SSSR count). The van der Waals surface area contributed by atoms with E-state index >= 15 is 0 Å². The van der Waals surface area contributed by atoms with Crippen molar-refractivity contribution in [2.24, 2.45) is 5.92 Å². The lowest BCUT2D eigenvalue weighted by molar-refractivity contribution is -0.138. The van der Waals surface area contributed by atoms with Crippen LogP contribution in [-0.4, -0.2) is 28.8 Å². The van der Waals surface area contributed by atoms with E-state index in [1.807, 2.05) is 13.8 Å². The quantitative estimate of drug-likeness (QED) is 0.792. The van der Waals surface area contributed by atoms with E-state index in [-0.39, 0.29) is 18.2 Å². The van der Waals surface area contributed by atoms with E-state index in [2.05, 4.69) is 5.32 Å². The molecule has 0 spiro atoms. The molecule has 2 N–H and O–H groups in total. The molecule has 0 fully saturated rings. The predicted molar refractivity (Wildman–Crippen MR) is 81.1 cm³/mol. The van der Waals surface area contributed by atoms with E-state index in [4.69, 9.17) is 5.11 Å². The number of hydrogen-bond donors (Lipinski definition) is 2. The van der Waals surface area contributed by atoms with Gasteiger partial charge in [-0.25, -0.2) is 4.39 Å². The van der Waals surface area contributed by atoms with Gasteiger partial charge in [0.1, 0.15) is 5.82 Å². The minimum Gasteiger partial charge on any atom is -0.481 e. The Morgan fingerprint density at radius 3 is 2.52 bits per heavy atom. The highest BCUT2D eigenvalue weighted by molar-refractivity contribution is 7.98. The topological polar surface area (TPSA) is 66.4 Å². The van der Waals surface area contributed by atoms with Gasteiger partial charge in [0, 0.05) is 10.5 Å². The fourth-order valence-electron chi connectivity index (χ4n) is 1.84. The molecule has 4 nitrogen and oxygen atoms in total. The summed E-state index contributed by atoms with van der Waals surface area (Å²) in [6.07, 6.45) is 1.55. The molecule has 21 heavy (non-hydrogen) atoms. The summed E-state index contributed by atoms with van der Waals surface area (Å²) in [6.45, 7) is 5.39. The third kappa shape index (κ3) is 4.46. The van der Waals surface area contributed by atoms with Gasteiger partial charge < -0.3 is 10.4 Å². The van der Waals surface area contributed by atoms with Crippen molar-refractivity contribution in [3.8, 4) is 0 Å². The minimum absolute atomic E-state index is 0.0574. The lowest BCUT2D eigenvalue weighted by Gasteiger charge is -2.33. The third-order valence-corrected chi connectivity index (χ3v) is 4.36. The molecule has 0 radical (unpaired) electrons. The molecule has 6 heteroatoms. The van der Waals surface area contributed by atoms with Crippen molar-refractivity contribution in [2.45, 2.75) is 37.6 Å². The lowest BCUT2D eigenvalue weighted by Crippen LogP contribution is -2.51. The molecule has 0 saturated heterocycles. The van der Waals surface area contributed by atoms with Gasteiger partial charge in [0.15, 0.2) is 0 Å². The maximum atomic E-state index is 13.4. The molecule has 0 aliphatic carbocycles. The standard InChI is InChI=1S/C15H20FNO3S/c1-9(2)15(3,8-13(18)19)17-14(20)10-5-6-11(16)12(7-10)21-4/h5-7,9H,8H2,1-4H3,(H,17,20)(H,18,19). The van der Waals surface area contributed by atoms with Crippen LogP contribution in [0.2, 0.25) is 0 Å². The molecule has 1 atom stereocenters. The van der Waals surface area contributed by atoms with Crippen LogP contribution in [-0.2, 0) is 4.79 Å². The number of halogens is 1. The van der Waals surface area contributed by atoms with Crippen LogP contribution in [0.1, 0.15) is 37.6 Å². The van der Waals surface area contributed by atoms with E-state index in [0.717, 1.165) is 0 Å². The monoisotopic (exact) mass is 313 g/mol. The Morgan fingerprint density at radius 1 is 1.43 bits per heavy atom. The number of aliphatic carboxylic acids is 1. The highest BCUT2D eigenvalue weighted by Gasteiger charge is 2.33. The SMILES string of the molecule is CSc1cc(C(=O)NC(C)(CC(=O)O)C(C)C)ccc1F. The van der Waals surface area contributed by atoms with Crippen LogP contribution < -0.4 is 5.32 Å². The Labute approximate surface area is 128 Å². The molecule has 0 bridgehead atoms. The van der Waals surface area contributed by atoms with Crippen LogP contribution in [0.3, 0.4) is 0 Å². The Bertz CT molecular complexity index is 548. The second-order valence-corrected chi connectivity index (χ2v) is 6.29. The average Bonchev–Trinajstić information content (AvgIpc) is 2.37. The first kappa shape index (κ1) is 17.5. The van der Waals surface area contributed by atoms with Gasteiger partial charge in [-0.1, -0.05) is 13.8 Å². The van der Waals surface area contributed by atoms with Crippen molar-refractivity contribution in [3.05, 3.63) is 29.6 Å². The Hall–Kier alpha value is -1.56. The van der Waals surface area contributed by atoms with Crippen molar-refractivity contribution in [3.63, 3.8) is 0 Å². The zero-order chi connectivity index (χ0) is 16.2. The fraction of sp³-hybridized carbons (Fsp3) is 0.467. The summed E-state index contributed by atoms with van der Waals surface area (Å²) >= 11 is 1.21. The van der Waals surface area contributed by atoms with Crippen molar-refractivity contribution in [1.82, 2.24) is 5.32 Å². The van der Waals surface area contributed by atoms with Crippen molar-refractivity contribution in [1.29, 1.82) is 0 Å². The number of carboxylic acids is 1. The maximum absolute atomic E-state index is 13.4. The van der Waals surface area contributed by atoms with E-state index in [0.29, 0.717) is 10.5 Å². The molecular formula is C15H20FNO3S. The van der Waals surface area contributed by atoms with Gasteiger partial charge in [0.05, 0.1) is 12.0 Å². The summed E-state index contributed by atoms with van der Waals surface area (Å²) in [5.74, 6) is -1.81. The van der Waals surface area contributed by atoms with Crippen LogP contribution in [0.5, 0.6) is 0 Å². The van der Waals surface area contributed by atoms with Gasteiger partial charge in [-0.3, -0.25) is 9.59 Å². The average molecular weight is 313 g/mol. The Morgan fingerprint density at radius 2 is 2.05 bits per heavy atom. The molecular weight excluding hydrogens is 293 g/mol. The van der Waals surface area contributed by atoms with Crippen molar-refractivity contribution in [2.75, 3.05) is 6.26 Å². The summed E-state index contributed by atoms with van der Waals surface area (Å²) in [7, 11) is 0. The first-order chi connectivity index (χ1) is 9.69. The first-order valence-corrected chi connectivity index (χ1v) is 7.80. The molecule has 1 aromatic rings. The zero-order valence-electron chi connectivity index (χ0n) is 12.6. The third-order valence-electron chi connectivity index (χ3n) is 3.61. The van der Waals surface area contributed by atoms with Gasteiger partial charge in [-0.15, -0.1) is 11.8 Å². The number of carboxylic acid groups (broad SMARTS) is 1. The fourth-order valence-corrected chi connectivity index (χ4v) is 2.35. The number of amides is 1. The number of carbonyl (C=O) groups is 2. The van der Waals surface area contributed by atoms with E-state index in [1.165, 1.54) is 30.0 Å².